The molecule has 0 radical (unpaired) electrons. The third-order valence-corrected chi connectivity index (χ3v) is 5.41. The number of nitrogens with zero attached hydrogens (tertiary/aromatic N) is 2. The number of nitrogens with one attached hydrogen (secondary N) is 1. The first-order chi connectivity index (χ1) is 12.5. The van der Waals surface area contributed by atoms with Crippen molar-refractivity contribution in [2.24, 2.45) is 0 Å². The summed E-state index contributed by atoms with van der Waals surface area (Å²) in [6.07, 6.45) is 0. The number of phenols is 1. The Kier molecular flexibility index (Phi) is 6.06. The van der Waals surface area contributed by atoms with Crippen LogP contribution in [0.4, 0.5) is 11.4 Å². The summed E-state index contributed by atoms with van der Waals surface area (Å²) >= 11 is 9.16. The van der Waals surface area contributed by atoms with Gasteiger partial charge in [0.15, 0.2) is 0 Å². The van der Waals surface area contributed by atoms with Crippen LogP contribution in [0.2, 0.25) is 5.02 Å². The number of halogens is 2. The molecular formula is C19H21BrClN3O2. The zero-order valence-electron chi connectivity index (χ0n) is 14.5. The Morgan fingerprint density at radius 2 is 1.85 bits per heavy atom. The van der Waals surface area contributed by atoms with E-state index in [1.54, 1.807) is 6.07 Å². The second-order valence-corrected chi connectivity index (χ2v) is 7.50. The fourth-order valence-electron chi connectivity index (χ4n) is 3.02. The van der Waals surface area contributed by atoms with Crippen LogP contribution < -0.4 is 10.2 Å². The van der Waals surface area contributed by atoms with Crippen LogP contribution in [0.5, 0.6) is 5.75 Å². The lowest BCUT2D eigenvalue weighted by Crippen LogP contribution is -2.46. The molecule has 1 aliphatic heterocycles. The molecule has 0 spiro atoms. The summed E-state index contributed by atoms with van der Waals surface area (Å²) in [6, 6.07) is 10.7. The van der Waals surface area contributed by atoms with E-state index in [0.717, 1.165) is 38.4 Å². The molecule has 26 heavy (non-hydrogen) atoms. The van der Waals surface area contributed by atoms with Gasteiger partial charge in [-0.25, -0.2) is 0 Å². The van der Waals surface area contributed by atoms with Gasteiger partial charge < -0.3 is 20.2 Å². The highest BCUT2D eigenvalue weighted by atomic mass is 79.9. The van der Waals surface area contributed by atoms with Crippen molar-refractivity contribution in [1.82, 2.24) is 4.90 Å². The molecule has 138 valence electrons. The quantitative estimate of drug-likeness (QED) is 0.751. The Balaban J connectivity index is 1.67. The number of carbonyl (C=O) groups is 1. The van der Waals surface area contributed by atoms with Gasteiger partial charge in [0.2, 0.25) is 0 Å². The average molecular weight is 439 g/mol. The van der Waals surface area contributed by atoms with Crippen molar-refractivity contribution >= 4 is 44.8 Å². The van der Waals surface area contributed by atoms with E-state index < -0.39 is 5.91 Å². The maximum atomic E-state index is 12.4. The van der Waals surface area contributed by atoms with Crippen LogP contribution >= 0.6 is 27.5 Å². The van der Waals surface area contributed by atoms with E-state index in [9.17, 15) is 9.90 Å². The van der Waals surface area contributed by atoms with Gasteiger partial charge in [-0.2, -0.15) is 0 Å². The molecule has 0 aliphatic carbocycles. The molecule has 2 aromatic carbocycles. The van der Waals surface area contributed by atoms with E-state index in [-0.39, 0.29) is 11.3 Å². The molecule has 0 saturated carbocycles. The third kappa shape index (κ3) is 4.31. The summed E-state index contributed by atoms with van der Waals surface area (Å²) in [7, 11) is 0. The van der Waals surface area contributed by atoms with Crippen molar-refractivity contribution in [3.05, 3.63) is 51.5 Å². The van der Waals surface area contributed by atoms with Gasteiger partial charge in [0.1, 0.15) is 5.75 Å². The summed E-state index contributed by atoms with van der Waals surface area (Å²) in [5, 5.41) is 13.2. The van der Waals surface area contributed by atoms with Crippen molar-refractivity contribution in [3.63, 3.8) is 0 Å². The summed E-state index contributed by atoms with van der Waals surface area (Å²) in [5.41, 5.74) is 1.94. The average Bonchev–Trinajstić information content (AvgIpc) is 2.65. The van der Waals surface area contributed by atoms with E-state index in [1.165, 1.54) is 6.07 Å². The Hall–Kier alpha value is -1.76. The summed E-state index contributed by atoms with van der Waals surface area (Å²) in [4.78, 5) is 17.2. The van der Waals surface area contributed by atoms with E-state index in [1.807, 2.05) is 24.3 Å². The van der Waals surface area contributed by atoms with Crippen molar-refractivity contribution < 1.29 is 9.90 Å². The van der Waals surface area contributed by atoms with Gasteiger partial charge in [0.25, 0.3) is 5.91 Å². The molecule has 2 N–H and O–H groups in total. The molecule has 1 amide bonds. The number of rotatable bonds is 4. The van der Waals surface area contributed by atoms with Gasteiger partial charge in [-0.15, -0.1) is 0 Å². The minimum Gasteiger partial charge on any atom is -0.506 e. The number of aromatic hydroxyl groups is 1. The number of benzene rings is 2. The zero-order chi connectivity index (χ0) is 18.7. The van der Waals surface area contributed by atoms with Gasteiger partial charge in [-0.1, -0.05) is 18.5 Å². The number of hydrogen-bond donors (Lipinski definition) is 2. The molecule has 0 bridgehead atoms. The van der Waals surface area contributed by atoms with Gasteiger partial charge >= 0.3 is 0 Å². The Labute approximate surface area is 166 Å². The lowest BCUT2D eigenvalue weighted by atomic mass is 10.1. The molecule has 0 aromatic heterocycles. The van der Waals surface area contributed by atoms with Gasteiger partial charge in [0, 0.05) is 42.6 Å². The number of likely N-dealkylation sites (N-methyl/N-ethyl adjacent to an activating group) is 1. The number of anilines is 2. The van der Waals surface area contributed by atoms with Crippen LogP contribution in [-0.2, 0) is 0 Å². The molecule has 5 nitrogen and oxygen atoms in total. The van der Waals surface area contributed by atoms with Crippen molar-refractivity contribution in [1.29, 1.82) is 0 Å². The highest BCUT2D eigenvalue weighted by Gasteiger charge is 2.17. The summed E-state index contributed by atoms with van der Waals surface area (Å²) in [6.45, 7) is 7.42. The standard InChI is InChI=1S/C19H21BrClN3O2/c1-2-23-7-9-24(10-8-23)15-5-3-14(4-6-15)22-19(26)16-11-13(21)12-17(20)18(16)25/h3-6,11-12,25H,2,7-10H2,1H3,(H,22,26). The third-order valence-electron chi connectivity index (χ3n) is 4.58. The number of piperazine rings is 1. The van der Waals surface area contributed by atoms with Crippen LogP contribution in [0.25, 0.3) is 0 Å². The van der Waals surface area contributed by atoms with Crippen LogP contribution in [0.3, 0.4) is 0 Å². The molecule has 3 rings (SSSR count). The maximum absolute atomic E-state index is 12.4. The van der Waals surface area contributed by atoms with E-state index >= 15 is 0 Å². The normalized spacial score (nSPS) is 15.1. The van der Waals surface area contributed by atoms with Gasteiger partial charge in [-0.05, 0) is 58.9 Å². The van der Waals surface area contributed by atoms with E-state index in [4.69, 9.17) is 11.6 Å². The number of phenolic OH excluding ortho intramolecular Hbond substituents is 1. The lowest BCUT2D eigenvalue weighted by Gasteiger charge is -2.35. The second kappa shape index (κ2) is 8.29. The first-order valence-electron chi connectivity index (χ1n) is 8.54. The smallest absolute Gasteiger partial charge is 0.259 e. The Morgan fingerprint density at radius 1 is 1.19 bits per heavy atom. The minimum absolute atomic E-state index is 0.127. The fourth-order valence-corrected chi connectivity index (χ4v) is 3.83. The number of carbonyl (C=O) groups excluding carboxylic acids is 1. The van der Waals surface area contributed by atoms with Gasteiger partial charge in [-0.3, -0.25) is 4.79 Å². The lowest BCUT2D eigenvalue weighted by molar-refractivity contribution is 0.102. The molecule has 1 saturated heterocycles. The number of hydrogen-bond acceptors (Lipinski definition) is 4. The maximum Gasteiger partial charge on any atom is 0.259 e. The predicted molar refractivity (Wildman–Crippen MR) is 110 cm³/mol. The van der Waals surface area contributed by atoms with E-state index in [2.05, 4.69) is 38.0 Å². The molecule has 2 aromatic rings. The second-order valence-electron chi connectivity index (χ2n) is 6.21. The van der Waals surface area contributed by atoms with Crippen LogP contribution in [0, 0.1) is 0 Å². The predicted octanol–water partition coefficient (Wildman–Crippen LogP) is 4.20. The SMILES string of the molecule is CCN1CCN(c2ccc(NC(=O)c3cc(Cl)cc(Br)c3O)cc2)CC1. The molecule has 1 aliphatic rings. The van der Waals surface area contributed by atoms with Gasteiger partial charge in [0.05, 0.1) is 10.0 Å². The molecule has 7 heteroatoms. The molecule has 1 heterocycles. The number of amides is 1. The van der Waals surface area contributed by atoms with Crippen molar-refractivity contribution in [3.8, 4) is 5.75 Å². The Morgan fingerprint density at radius 3 is 2.46 bits per heavy atom. The largest absolute Gasteiger partial charge is 0.506 e. The van der Waals surface area contributed by atoms with Crippen molar-refractivity contribution in [2.75, 3.05) is 42.9 Å². The van der Waals surface area contributed by atoms with Crippen LogP contribution in [-0.4, -0.2) is 48.6 Å². The highest BCUT2D eigenvalue weighted by Crippen LogP contribution is 2.32. The molecule has 1 fully saturated rings. The monoisotopic (exact) mass is 437 g/mol. The summed E-state index contributed by atoms with van der Waals surface area (Å²) < 4.78 is 0.386. The Bertz CT molecular complexity index is 790. The highest BCUT2D eigenvalue weighted by molar-refractivity contribution is 9.10. The van der Waals surface area contributed by atoms with Crippen LogP contribution in [0.15, 0.2) is 40.9 Å². The molecular weight excluding hydrogens is 418 g/mol. The minimum atomic E-state index is -0.407. The van der Waals surface area contributed by atoms with E-state index in [0.29, 0.717) is 15.2 Å². The van der Waals surface area contributed by atoms with Crippen molar-refractivity contribution in [2.45, 2.75) is 6.92 Å². The molecule has 0 unspecified atom stereocenters. The first kappa shape index (κ1) is 19.0. The zero-order valence-corrected chi connectivity index (χ0v) is 16.8. The fraction of sp³-hybridized carbons (Fsp3) is 0.316. The van der Waals surface area contributed by atoms with Crippen LogP contribution in [0.1, 0.15) is 17.3 Å². The topological polar surface area (TPSA) is 55.8 Å². The molecule has 0 atom stereocenters. The first-order valence-corrected chi connectivity index (χ1v) is 9.71. The summed E-state index contributed by atoms with van der Waals surface area (Å²) in [5.74, 6) is -0.535.